The molecule has 0 aliphatic heterocycles. The molecule has 0 unspecified atom stereocenters. The first-order valence-electron chi connectivity index (χ1n) is 19.6. The Kier molecular flexibility index (Phi) is 19.5. The molecule has 0 aromatic heterocycles. The van der Waals surface area contributed by atoms with Gasteiger partial charge in [0.2, 0.25) is 12.2 Å². The topological polar surface area (TPSA) is 114 Å². The number of hydrogen-bond donors (Lipinski definition) is 1. The van der Waals surface area contributed by atoms with Crippen molar-refractivity contribution in [2.45, 2.75) is 144 Å². The highest BCUT2D eigenvalue weighted by Gasteiger charge is 3.04. The number of ether oxygens (including phenoxy) is 1. The van der Waals surface area contributed by atoms with Crippen molar-refractivity contribution in [3.05, 3.63) is 22.8 Å². The maximum Gasteiger partial charge on any atom is 0.460 e. The van der Waals surface area contributed by atoms with E-state index >= 15 is 26.3 Å². The number of nitrogens with zero attached hydrogens (tertiary/aromatic N) is 2. The maximum absolute atomic E-state index is 15.7. The highest BCUT2D eigenvalue weighted by Crippen LogP contribution is 2.72. The number of rotatable bonds is 26. The number of halogens is 45. The van der Waals surface area contributed by atoms with Gasteiger partial charge in [-0.25, -0.2) is 9.59 Å². The van der Waals surface area contributed by atoms with E-state index in [4.69, 9.17) is 0 Å². The van der Waals surface area contributed by atoms with E-state index in [-0.39, 0.29) is 6.08 Å². The Hall–Kier alpha value is -6.23. The quantitative estimate of drug-likeness (QED) is 0.0326. The van der Waals surface area contributed by atoms with Crippen molar-refractivity contribution < 1.29 is 221 Å². The van der Waals surface area contributed by atoms with Crippen LogP contribution in [0.2, 0.25) is 0 Å². The predicted molar refractivity (Wildman–Crippen MR) is 180 cm³/mol. The van der Waals surface area contributed by atoms with Crippen LogP contribution in [-0.4, -0.2) is 155 Å². The lowest BCUT2D eigenvalue weighted by molar-refractivity contribution is -0.497. The minimum atomic E-state index is -10.9. The predicted octanol–water partition coefficient (Wildman–Crippen LogP) is 15.5. The van der Waals surface area contributed by atoms with E-state index in [9.17, 15) is 190 Å². The van der Waals surface area contributed by atoms with E-state index in [0.29, 0.717) is 13.0 Å². The second kappa shape index (κ2) is 21.5. The minimum Gasteiger partial charge on any atom is -0.445 e. The summed E-state index contributed by atoms with van der Waals surface area (Å²) >= 11 is 0. The Balaban J connectivity index is 4.37. The smallest absolute Gasteiger partial charge is 0.445 e. The van der Waals surface area contributed by atoms with Crippen LogP contribution in [0.25, 0.3) is 0 Å². The van der Waals surface area contributed by atoms with Gasteiger partial charge in [-0.2, -0.15) is 208 Å². The highest BCUT2D eigenvalue weighted by molar-refractivity contribution is 5.99. The van der Waals surface area contributed by atoms with Crippen LogP contribution in [0, 0.1) is 6.92 Å². The molecule has 53 heteroatoms. The summed E-state index contributed by atoms with van der Waals surface area (Å²) in [7, 11) is 0. The zero-order valence-corrected chi connectivity index (χ0v) is 39.2. The first kappa shape index (κ1) is 79.8. The van der Waals surface area contributed by atoms with Crippen molar-refractivity contribution in [1.29, 1.82) is 0 Å². The molecule has 0 saturated heterocycles. The normalized spacial score (nSPS) is 15.8. The van der Waals surface area contributed by atoms with Crippen molar-refractivity contribution >= 4 is 35.4 Å². The van der Waals surface area contributed by atoms with Gasteiger partial charge in [0, 0.05) is 12.5 Å². The summed E-state index contributed by atoms with van der Waals surface area (Å²) in [5.41, 5.74) is -12.6. The van der Waals surface area contributed by atoms with Crippen molar-refractivity contribution in [3.8, 4) is 0 Å². The standard InChI is InChI=1S/C35H10F45N3O5/c1-7-11(9(13(87)83-6-88-8(2)86)3-10(81-4-84)12(7)82-5-85)14(36,37)15(38,39)16(40,41)17(42,43)18(44,45)19(46,47)20(48,49)21(50,51)22(52,53)23(54,55)24(56,57)25(58,59)26(60,61)27(62,63)28(64,65)29(66,67)30(68,69)31(70,71)32(72,73)33(74,75)34(76,77)35(78,79)80/h3H,6H2,1-2H3,(H,83,87). The minimum absolute atomic E-state index is 0.231. The molecular formula is C35H10F45N3O5. The Bertz CT molecular complexity index is 2930. The summed E-state index contributed by atoms with van der Waals surface area (Å²) in [4.78, 5) is 50.0. The summed E-state index contributed by atoms with van der Waals surface area (Å²) in [6.07, 6.45) is -8.01. The van der Waals surface area contributed by atoms with Crippen LogP contribution in [0.4, 0.5) is 209 Å². The molecule has 0 saturated carbocycles. The molecule has 0 radical (unpaired) electrons. The van der Waals surface area contributed by atoms with Crippen LogP contribution in [0.1, 0.15) is 28.4 Å². The third-order valence-electron chi connectivity index (χ3n) is 11.2. The average molecular weight is 1410 g/mol. The van der Waals surface area contributed by atoms with Gasteiger partial charge in [-0.1, -0.05) is 0 Å². The molecule has 510 valence electrons. The highest BCUT2D eigenvalue weighted by atomic mass is 19.4. The molecule has 1 aromatic rings. The van der Waals surface area contributed by atoms with Crippen molar-refractivity contribution in [1.82, 2.24) is 5.32 Å². The van der Waals surface area contributed by atoms with E-state index in [1.54, 1.807) is 0 Å². The van der Waals surface area contributed by atoms with Gasteiger partial charge >= 0.3 is 137 Å². The van der Waals surface area contributed by atoms with Gasteiger partial charge in [0.15, 0.2) is 6.73 Å². The largest absolute Gasteiger partial charge is 0.460 e. The van der Waals surface area contributed by atoms with Crippen LogP contribution in [-0.2, 0) is 25.0 Å². The van der Waals surface area contributed by atoms with Crippen molar-refractivity contribution in [2.75, 3.05) is 6.73 Å². The zero-order chi connectivity index (χ0) is 71.7. The summed E-state index contributed by atoms with van der Waals surface area (Å²) in [5.74, 6) is -220. The van der Waals surface area contributed by atoms with Crippen molar-refractivity contribution in [2.24, 2.45) is 9.98 Å². The number of hydrogen-bond acceptors (Lipinski definition) is 7. The Labute approximate surface area is 447 Å². The van der Waals surface area contributed by atoms with Gasteiger partial charge in [0.25, 0.3) is 5.91 Å². The van der Waals surface area contributed by atoms with Gasteiger partial charge in [0.1, 0.15) is 11.4 Å². The van der Waals surface area contributed by atoms with Gasteiger partial charge in [-0.3, -0.25) is 9.59 Å². The van der Waals surface area contributed by atoms with Crippen LogP contribution >= 0.6 is 0 Å². The fourth-order valence-corrected chi connectivity index (χ4v) is 6.07. The van der Waals surface area contributed by atoms with Crippen LogP contribution in [0.3, 0.4) is 0 Å². The number of isocyanates is 2. The number of benzene rings is 1. The van der Waals surface area contributed by atoms with Crippen LogP contribution < -0.4 is 5.32 Å². The molecule has 1 aromatic carbocycles. The van der Waals surface area contributed by atoms with E-state index in [1.807, 2.05) is 0 Å². The third-order valence-corrected chi connectivity index (χ3v) is 11.2. The van der Waals surface area contributed by atoms with Gasteiger partial charge < -0.3 is 10.1 Å². The SMILES string of the molecule is CC(=O)OCNC(=O)c1cc(N=C=O)c(N=C=O)c(C)c1C(F)(F)C(F)(F)C(F)(F)C(F)(F)C(F)(F)C(F)(F)C(F)(F)C(F)(F)C(F)(F)C(F)(F)C(F)(F)C(F)(F)C(F)(F)C(F)(F)C(F)(F)C(F)(F)C(F)(F)C(F)(F)C(F)(F)C(F)(F)C(F)(F)C(F)(F)F. The maximum atomic E-state index is 15.7. The van der Waals surface area contributed by atoms with Crippen LogP contribution in [0.15, 0.2) is 16.1 Å². The molecule has 88 heavy (non-hydrogen) atoms. The number of amides is 1. The molecular weight excluding hydrogens is 1400 g/mol. The van der Waals surface area contributed by atoms with Gasteiger partial charge in [-0.05, 0) is 18.6 Å². The van der Waals surface area contributed by atoms with Gasteiger partial charge in [0.05, 0.1) is 5.56 Å². The number of alkyl halides is 45. The lowest BCUT2D eigenvalue weighted by Gasteiger charge is -2.47. The Morgan fingerprint density at radius 1 is 0.375 bits per heavy atom. The van der Waals surface area contributed by atoms with E-state index < -0.39 is 190 Å². The summed E-state index contributed by atoms with van der Waals surface area (Å²) in [6.45, 7) is -1.80. The van der Waals surface area contributed by atoms with E-state index in [0.717, 1.165) is 5.32 Å². The molecule has 0 spiro atoms. The Morgan fingerprint density at radius 3 is 0.795 bits per heavy atom. The molecule has 0 atom stereocenters. The first-order valence-corrected chi connectivity index (χ1v) is 19.6. The molecule has 1 rings (SSSR count). The molecule has 0 fully saturated rings. The Morgan fingerprint density at radius 2 is 0.591 bits per heavy atom. The van der Waals surface area contributed by atoms with Crippen molar-refractivity contribution in [3.63, 3.8) is 0 Å². The monoisotopic (exact) mass is 1410 g/mol. The van der Waals surface area contributed by atoms with Crippen LogP contribution in [0.5, 0.6) is 0 Å². The second-order valence-electron chi connectivity index (χ2n) is 16.5. The first-order chi connectivity index (χ1) is 37.9. The van der Waals surface area contributed by atoms with E-state index in [2.05, 4.69) is 14.7 Å². The molecule has 0 heterocycles. The lowest BCUT2D eigenvalue weighted by Crippen LogP contribution is -2.81. The average Bonchev–Trinajstić information content (AvgIpc) is 0.721. The lowest BCUT2D eigenvalue weighted by atomic mass is 9.81. The molecule has 0 aliphatic rings. The fourth-order valence-electron chi connectivity index (χ4n) is 6.07. The molecule has 0 aliphatic carbocycles. The van der Waals surface area contributed by atoms with Gasteiger partial charge in [-0.15, -0.1) is 0 Å². The number of carbonyl (C=O) groups excluding carboxylic acids is 4. The second-order valence-corrected chi connectivity index (χ2v) is 16.5. The molecule has 1 amide bonds. The summed E-state index contributed by atoms with van der Waals surface area (Å²) in [5, 5.41) is 0.996. The molecule has 1 N–H and O–H groups in total. The number of esters is 1. The number of aliphatic imine (C=N–C) groups is 2. The molecule has 8 nitrogen and oxygen atoms in total. The fraction of sp³-hybridized carbons (Fsp3) is 0.714. The summed E-state index contributed by atoms with van der Waals surface area (Å²) < 4.78 is 644. The summed E-state index contributed by atoms with van der Waals surface area (Å²) in [6, 6.07) is -0.730. The number of carbonyl (C=O) groups is 2. The zero-order valence-electron chi connectivity index (χ0n) is 39.2. The number of nitrogens with one attached hydrogen (secondary N) is 1. The van der Waals surface area contributed by atoms with E-state index in [1.165, 1.54) is 0 Å². The molecule has 0 bridgehead atoms. The third kappa shape index (κ3) is 9.80.